The van der Waals surface area contributed by atoms with Gasteiger partial charge in [-0.15, -0.1) is 0 Å². The van der Waals surface area contributed by atoms with Crippen molar-refractivity contribution < 1.29 is 27.9 Å². The summed E-state index contributed by atoms with van der Waals surface area (Å²) in [4.78, 5) is 23.1. The van der Waals surface area contributed by atoms with Crippen LogP contribution in [-0.2, 0) is 32.3 Å². The van der Waals surface area contributed by atoms with Crippen molar-refractivity contribution in [2.45, 2.75) is 64.6 Å². The highest BCUT2D eigenvalue weighted by molar-refractivity contribution is 5.69. The highest BCUT2D eigenvalue weighted by Crippen LogP contribution is 2.11. The van der Waals surface area contributed by atoms with Crippen molar-refractivity contribution in [3.63, 3.8) is 0 Å². The summed E-state index contributed by atoms with van der Waals surface area (Å²) in [5, 5.41) is 0. The van der Waals surface area contributed by atoms with Gasteiger partial charge in [0.15, 0.2) is 0 Å². The average Bonchev–Trinajstić information content (AvgIpc) is 3.34. The fraction of sp³-hybridized carbons (Fsp3) is 0.500. The number of hydrogen-bond acceptors (Lipinski definition) is 6. The Morgan fingerprint density at radius 2 is 1.12 bits per heavy atom. The minimum absolute atomic E-state index is 0.194. The minimum atomic E-state index is -0.194. The molecular formula is C20H26O6. The molecule has 0 fully saturated rings. The van der Waals surface area contributed by atoms with Crippen LogP contribution in [0.1, 0.15) is 62.9 Å². The van der Waals surface area contributed by atoms with Gasteiger partial charge in [0.1, 0.15) is 24.7 Å². The topological polar surface area (TPSA) is 78.9 Å². The van der Waals surface area contributed by atoms with Crippen molar-refractivity contribution >= 4 is 11.9 Å². The Morgan fingerprint density at radius 3 is 1.50 bits per heavy atom. The molecule has 2 aromatic heterocycles. The van der Waals surface area contributed by atoms with E-state index in [1.54, 1.807) is 36.8 Å². The maximum atomic E-state index is 11.6. The monoisotopic (exact) mass is 362 g/mol. The molecule has 0 aromatic carbocycles. The standard InChI is InChI=1S/C20H26O6/c21-19(25-15-17-9-7-13-23-17)11-5-3-1-2-4-6-12-20(22)26-16-18-10-8-14-24-18/h7-10,13-14H,1-6,11-12,15-16H2. The Kier molecular flexibility index (Phi) is 9.11. The third-order valence-electron chi connectivity index (χ3n) is 3.92. The zero-order valence-corrected chi connectivity index (χ0v) is 15.0. The molecule has 2 aromatic rings. The predicted molar refractivity (Wildman–Crippen MR) is 93.9 cm³/mol. The van der Waals surface area contributed by atoms with Gasteiger partial charge in [0.25, 0.3) is 0 Å². The molecule has 0 radical (unpaired) electrons. The normalized spacial score (nSPS) is 10.6. The molecule has 0 aliphatic rings. The third-order valence-corrected chi connectivity index (χ3v) is 3.92. The van der Waals surface area contributed by atoms with Gasteiger partial charge < -0.3 is 18.3 Å². The average molecular weight is 362 g/mol. The molecule has 0 bridgehead atoms. The molecule has 0 aliphatic heterocycles. The van der Waals surface area contributed by atoms with Crippen LogP contribution in [0.5, 0.6) is 0 Å². The van der Waals surface area contributed by atoms with Gasteiger partial charge in [-0.25, -0.2) is 0 Å². The highest BCUT2D eigenvalue weighted by atomic mass is 16.5. The number of unbranched alkanes of at least 4 members (excludes halogenated alkanes) is 5. The van der Waals surface area contributed by atoms with Crippen LogP contribution < -0.4 is 0 Å². The molecule has 2 rings (SSSR count). The van der Waals surface area contributed by atoms with Crippen LogP contribution >= 0.6 is 0 Å². The SMILES string of the molecule is O=C(CCCCCCCCC(=O)OCc1ccco1)OCc1ccco1. The minimum Gasteiger partial charge on any atom is -0.466 e. The Morgan fingerprint density at radius 1 is 0.692 bits per heavy atom. The molecule has 6 nitrogen and oxygen atoms in total. The Labute approximate surface area is 153 Å². The molecule has 6 heteroatoms. The number of furan rings is 2. The summed E-state index contributed by atoms with van der Waals surface area (Å²) >= 11 is 0. The molecule has 0 amide bonds. The molecule has 26 heavy (non-hydrogen) atoms. The van der Waals surface area contributed by atoms with E-state index in [0.717, 1.165) is 38.5 Å². The molecule has 0 saturated heterocycles. The first-order valence-electron chi connectivity index (χ1n) is 9.10. The highest BCUT2D eigenvalue weighted by Gasteiger charge is 2.06. The van der Waals surface area contributed by atoms with E-state index in [9.17, 15) is 9.59 Å². The van der Waals surface area contributed by atoms with E-state index in [1.165, 1.54) is 0 Å². The molecule has 0 aliphatic carbocycles. The smallest absolute Gasteiger partial charge is 0.306 e. The lowest BCUT2D eigenvalue weighted by Gasteiger charge is -2.04. The second-order valence-electron chi connectivity index (χ2n) is 6.10. The Hall–Kier alpha value is -2.50. The summed E-state index contributed by atoms with van der Waals surface area (Å²) in [5.74, 6) is 0.920. The van der Waals surface area contributed by atoms with E-state index in [0.29, 0.717) is 24.4 Å². The fourth-order valence-electron chi connectivity index (χ4n) is 2.48. The van der Waals surface area contributed by atoms with Crippen LogP contribution in [-0.4, -0.2) is 11.9 Å². The summed E-state index contributed by atoms with van der Waals surface area (Å²) in [6.07, 6.45) is 9.69. The van der Waals surface area contributed by atoms with Gasteiger partial charge in [-0.3, -0.25) is 9.59 Å². The summed E-state index contributed by atoms with van der Waals surface area (Å²) in [6, 6.07) is 7.09. The van der Waals surface area contributed by atoms with Gasteiger partial charge in [0.2, 0.25) is 0 Å². The summed E-state index contributed by atoms with van der Waals surface area (Å²) in [6.45, 7) is 0.393. The molecule has 0 atom stereocenters. The number of ether oxygens (including phenoxy) is 2. The van der Waals surface area contributed by atoms with E-state index < -0.39 is 0 Å². The quantitative estimate of drug-likeness (QED) is 0.377. The molecule has 0 spiro atoms. The van der Waals surface area contributed by atoms with Gasteiger partial charge in [-0.2, -0.15) is 0 Å². The zero-order chi connectivity index (χ0) is 18.5. The maximum Gasteiger partial charge on any atom is 0.306 e. The summed E-state index contributed by atoms with van der Waals surface area (Å²) < 4.78 is 20.4. The van der Waals surface area contributed by atoms with Crippen LogP contribution in [0.15, 0.2) is 45.6 Å². The number of rotatable bonds is 13. The third kappa shape index (κ3) is 8.55. The van der Waals surface area contributed by atoms with Gasteiger partial charge >= 0.3 is 11.9 Å². The predicted octanol–water partition coefficient (Wildman–Crippen LogP) is 4.78. The van der Waals surface area contributed by atoms with Gasteiger partial charge in [0.05, 0.1) is 12.5 Å². The van der Waals surface area contributed by atoms with Crippen molar-refractivity contribution in [3.8, 4) is 0 Å². The van der Waals surface area contributed by atoms with E-state index in [-0.39, 0.29) is 25.2 Å². The molecule has 0 unspecified atom stereocenters. The lowest BCUT2D eigenvalue weighted by Crippen LogP contribution is -2.04. The number of carbonyl (C=O) groups excluding carboxylic acids is 2. The van der Waals surface area contributed by atoms with Crippen molar-refractivity contribution in [2.24, 2.45) is 0 Å². The molecule has 142 valence electrons. The zero-order valence-electron chi connectivity index (χ0n) is 15.0. The van der Waals surface area contributed by atoms with Crippen LogP contribution in [0.3, 0.4) is 0 Å². The largest absolute Gasteiger partial charge is 0.466 e. The van der Waals surface area contributed by atoms with Crippen molar-refractivity contribution in [3.05, 3.63) is 48.3 Å². The number of esters is 2. The van der Waals surface area contributed by atoms with Crippen molar-refractivity contribution in [1.29, 1.82) is 0 Å². The van der Waals surface area contributed by atoms with E-state index in [4.69, 9.17) is 18.3 Å². The molecule has 0 saturated carbocycles. The van der Waals surface area contributed by atoms with Crippen LogP contribution in [0, 0.1) is 0 Å². The van der Waals surface area contributed by atoms with Crippen LogP contribution in [0.2, 0.25) is 0 Å². The van der Waals surface area contributed by atoms with E-state index in [2.05, 4.69) is 0 Å². The summed E-state index contributed by atoms with van der Waals surface area (Å²) in [5.41, 5.74) is 0. The Bertz CT molecular complexity index is 559. The van der Waals surface area contributed by atoms with Crippen molar-refractivity contribution in [2.75, 3.05) is 0 Å². The van der Waals surface area contributed by atoms with Crippen molar-refractivity contribution in [1.82, 2.24) is 0 Å². The molecule has 2 heterocycles. The molecular weight excluding hydrogens is 336 g/mol. The van der Waals surface area contributed by atoms with Crippen LogP contribution in [0.25, 0.3) is 0 Å². The first kappa shape index (κ1) is 19.8. The van der Waals surface area contributed by atoms with Gasteiger partial charge in [-0.1, -0.05) is 25.7 Å². The second-order valence-corrected chi connectivity index (χ2v) is 6.10. The first-order chi connectivity index (χ1) is 12.7. The lowest BCUT2D eigenvalue weighted by molar-refractivity contribution is -0.146. The second kappa shape index (κ2) is 12.0. The van der Waals surface area contributed by atoms with E-state index >= 15 is 0 Å². The number of hydrogen-bond donors (Lipinski definition) is 0. The van der Waals surface area contributed by atoms with Crippen LogP contribution in [0.4, 0.5) is 0 Å². The fourth-order valence-corrected chi connectivity index (χ4v) is 2.48. The molecule has 0 N–H and O–H groups in total. The van der Waals surface area contributed by atoms with Gasteiger partial charge in [-0.05, 0) is 37.1 Å². The Balaban J connectivity index is 1.36. The van der Waals surface area contributed by atoms with Gasteiger partial charge in [0, 0.05) is 12.8 Å². The number of carbonyl (C=O) groups is 2. The lowest BCUT2D eigenvalue weighted by atomic mass is 10.1. The maximum absolute atomic E-state index is 11.6. The first-order valence-corrected chi connectivity index (χ1v) is 9.10. The summed E-state index contributed by atoms with van der Waals surface area (Å²) in [7, 11) is 0. The van der Waals surface area contributed by atoms with E-state index in [1.807, 2.05) is 0 Å².